The number of aryl methyl sites for hydroxylation is 1. The summed E-state index contributed by atoms with van der Waals surface area (Å²) in [5.74, 6) is -1.14. The number of carbonyl (C=O) groups excluding carboxylic acids is 1. The number of likely N-dealkylation sites (tertiary alicyclic amines) is 1. The van der Waals surface area contributed by atoms with Crippen LogP contribution in [0.15, 0.2) is 41.3 Å². The Hall–Kier alpha value is -3.01. The van der Waals surface area contributed by atoms with Gasteiger partial charge in [-0.1, -0.05) is 17.7 Å². The van der Waals surface area contributed by atoms with Gasteiger partial charge in [0.15, 0.2) is 0 Å². The summed E-state index contributed by atoms with van der Waals surface area (Å²) in [7, 11) is 0. The molecule has 1 aliphatic carbocycles. The number of aromatic nitrogens is 1. The van der Waals surface area contributed by atoms with Crippen molar-refractivity contribution < 1.29 is 23.4 Å². The Kier molecular flexibility index (Phi) is 8.21. The molecule has 0 radical (unpaired) electrons. The Morgan fingerprint density at radius 3 is 2.56 bits per heavy atom. The summed E-state index contributed by atoms with van der Waals surface area (Å²) in [6.07, 6.45) is 5.03. The van der Waals surface area contributed by atoms with Gasteiger partial charge in [0.25, 0.3) is 5.91 Å². The van der Waals surface area contributed by atoms with Crippen LogP contribution in [-0.4, -0.2) is 58.9 Å². The van der Waals surface area contributed by atoms with Gasteiger partial charge in [0.2, 0.25) is 5.43 Å². The molecule has 10 heteroatoms. The molecule has 1 amide bonds. The zero-order chi connectivity index (χ0) is 27.7. The van der Waals surface area contributed by atoms with Crippen molar-refractivity contribution in [2.24, 2.45) is 0 Å². The fourth-order valence-electron chi connectivity index (χ4n) is 5.20. The molecule has 1 saturated heterocycles. The summed E-state index contributed by atoms with van der Waals surface area (Å²) in [5.41, 5.74) is 0.554. The number of amides is 1. The number of nitrogens with zero attached hydrogens (tertiary/aromatic N) is 2. The molecule has 0 spiro atoms. The largest absolute Gasteiger partial charge is 0.491 e. The van der Waals surface area contributed by atoms with Crippen LogP contribution in [0, 0.1) is 18.6 Å². The zero-order valence-corrected chi connectivity index (χ0v) is 22.5. The maximum Gasteiger partial charge on any atom is 0.256 e. The van der Waals surface area contributed by atoms with Gasteiger partial charge in [0.05, 0.1) is 10.5 Å². The lowest BCUT2D eigenvalue weighted by Crippen LogP contribution is -2.47. The van der Waals surface area contributed by atoms with Gasteiger partial charge in [-0.3, -0.25) is 9.59 Å². The van der Waals surface area contributed by atoms with Crippen molar-refractivity contribution in [3.8, 4) is 5.75 Å². The van der Waals surface area contributed by atoms with E-state index >= 15 is 0 Å². The van der Waals surface area contributed by atoms with Crippen molar-refractivity contribution >= 4 is 28.4 Å². The van der Waals surface area contributed by atoms with Crippen LogP contribution in [0.25, 0.3) is 10.9 Å². The van der Waals surface area contributed by atoms with Crippen LogP contribution in [0.4, 0.5) is 8.78 Å². The summed E-state index contributed by atoms with van der Waals surface area (Å²) >= 11 is 6.00. The molecular weight excluding hydrogens is 528 g/mol. The number of halogens is 3. The molecule has 2 aromatic carbocycles. The monoisotopic (exact) mass is 559 g/mol. The van der Waals surface area contributed by atoms with Crippen LogP contribution in [-0.2, 0) is 0 Å². The van der Waals surface area contributed by atoms with Crippen molar-refractivity contribution in [3.63, 3.8) is 0 Å². The number of pyridine rings is 1. The van der Waals surface area contributed by atoms with Gasteiger partial charge in [-0.15, -0.1) is 0 Å². The van der Waals surface area contributed by atoms with E-state index in [2.05, 4.69) is 10.2 Å². The number of ether oxygens (including phenoxy) is 1. The second-order valence-corrected chi connectivity index (χ2v) is 11.0. The molecule has 1 saturated carbocycles. The first kappa shape index (κ1) is 27.6. The van der Waals surface area contributed by atoms with Gasteiger partial charge < -0.3 is 24.6 Å². The first-order chi connectivity index (χ1) is 18.7. The van der Waals surface area contributed by atoms with Crippen molar-refractivity contribution in [2.45, 2.75) is 57.2 Å². The van der Waals surface area contributed by atoms with Crippen molar-refractivity contribution in [3.05, 3.63) is 74.5 Å². The van der Waals surface area contributed by atoms with Crippen molar-refractivity contribution in [2.75, 3.05) is 26.2 Å². The van der Waals surface area contributed by atoms with Crippen LogP contribution in [0.3, 0.4) is 0 Å². The third-order valence-electron chi connectivity index (χ3n) is 7.76. The fraction of sp³-hybridized carbons (Fsp3) is 0.448. The Morgan fingerprint density at radius 1 is 1.15 bits per heavy atom. The van der Waals surface area contributed by atoms with Crippen molar-refractivity contribution in [1.29, 1.82) is 0 Å². The Labute approximate surface area is 230 Å². The first-order valence-corrected chi connectivity index (χ1v) is 13.7. The summed E-state index contributed by atoms with van der Waals surface area (Å²) in [6, 6.07) is 7.19. The Bertz CT molecular complexity index is 1430. The van der Waals surface area contributed by atoms with Crippen molar-refractivity contribution in [1.82, 2.24) is 14.8 Å². The number of carbonyl (C=O) groups is 1. The number of β-amino-alcohol motifs (C(OH)–C–C–N with tert-alkyl or cyclic N) is 1. The van der Waals surface area contributed by atoms with E-state index in [9.17, 15) is 23.5 Å². The van der Waals surface area contributed by atoms with E-state index in [0.717, 1.165) is 25.3 Å². The minimum Gasteiger partial charge on any atom is -0.491 e. The van der Waals surface area contributed by atoms with E-state index in [4.69, 9.17) is 16.3 Å². The summed E-state index contributed by atoms with van der Waals surface area (Å²) in [4.78, 5) is 28.5. The van der Waals surface area contributed by atoms with E-state index in [1.807, 2.05) is 4.57 Å². The number of piperidine rings is 1. The molecule has 3 aromatic rings. The van der Waals surface area contributed by atoms with Crippen LogP contribution < -0.4 is 15.5 Å². The predicted molar refractivity (Wildman–Crippen MR) is 146 cm³/mol. The highest BCUT2D eigenvalue weighted by Crippen LogP contribution is 2.34. The number of nitrogens with one attached hydrogen (secondary N) is 1. The minimum atomic E-state index is -0.753. The van der Waals surface area contributed by atoms with Gasteiger partial charge in [-0.2, -0.15) is 0 Å². The number of benzene rings is 2. The molecule has 2 fully saturated rings. The molecule has 7 nitrogen and oxygen atoms in total. The highest BCUT2D eigenvalue weighted by atomic mass is 35.5. The number of hydrogen-bond acceptors (Lipinski definition) is 5. The maximum atomic E-state index is 14.2. The number of aliphatic hydroxyl groups excluding tert-OH is 1. The minimum absolute atomic E-state index is 0.00124. The molecule has 2 N–H and O–H groups in total. The average Bonchev–Trinajstić information content (AvgIpc) is 2.87. The Balaban J connectivity index is 1.18. The van der Waals surface area contributed by atoms with E-state index in [-0.39, 0.29) is 40.5 Å². The molecule has 0 unspecified atom stereocenters. The standard InChI is InChI=1S/C29H32ClF2N3O4/c1-17-5-6-21(11-25(17)31)39-16-20(36)14-34-9-7-18(8-10-34)33-29(38)23-15-35(19-3-2-4-19)27-13-24(30)26(32)12-22(27)28(23)37/h5-6,11-13,15,18-20,36H,2-4,7-10,14,16H2,1H3,(H,33,38)/t20-/m1/s1. The number of aliphatic hydroxyl groups is 1. The van der Waals surface area contributed by atoms with Gasteiger partial charge in [0, 0.05) is 49.4 Å². The lowest BCUT2D eigenvalue weighted by Gasteiger charge is -2.33. The lowest BCUT2D eigenvalue weighted by atomic mass is 9.92. The number of fused-ring (bicyclic) bond motifs is 1. The van der Waals surface area contributed by atoms with Gasteiger partial charge in [-0.05, 0) is 62.8 Å². The number of hydrogen-bond donors (Lipinski definition) is 2. The van der Waals surface area contributed by atoms with Gasteiger partial charge in [0.1, 0.15) is 35.7 Å². The van der Waals surface area contributed by atoms with E-state index < -0.39 is 23.3 Å². The normalized spacial score (nSPS) is 17.7. The van der Waals surface area contributed by atoms with Gasteiger partial charge in [-0.25, -0.2) is 8.78 Å². The molecule has 1 aromatic heterocycles. The average molecular weight is 560 g/mol. The molecular formula is C29H32ClF2N3O4. The van der Waals surface area contributed by atoms with Gasteiger partial charge >= 0.3 is 0 Å². The third-order valence-corrected chi connectivity index (χ3v) is 8.05. The predicted octanol–water partition coefficient (Wildman–Crippen LogP) is 4.60. The summed E-state index contributed by atoms with van der Waals surface area (Å²) in [6.45, 7) is 3.40. The molecule has 2 heterocycles. The lowest BCUT2D eigenvalue weighted by molar-refractivity contribution is 0.0567. The number of rotatable bonds is 8. The summed E-state index contributed by atoms with van der Waals surface area (Å²) < 4.78 is 35.3. The SMILES string of the molecule is Cc1ccc(OC[C@H](O)CN2CCC(NC(=O)c3cn(C4CCC4)c4cc(Cl)c(F)cc4c3=O)CC2)cc1F. The summed E-state index contributed by atoms with van der Waals surface area (Å²) in [5, 5.41) is 13.5. The maximum absolute atomic E-state index is 14.2. The van der Waals surface area contributed by atoms with Crippen LogP contribution in [0.2, 0.25) is 5.02 Å². The zero-order valence-electron chi connectivity index (χ0n) is 21.8. The van der Waals surface area contributed by atoms with Crippen LogP contribution in [0.5, 0.6) is 5.75 Å². The molecule has 5 rings (SSSR count). The highest BCUT2D eigenvalue weighted by molar-refractivity contribution is 6.31. The second kappa shape index (κ2) is 11.6. The van der Waals surface area contributed by atoms with Crippen LogP contribution in [0.1, 0.15) is 54.1 Å². The molecule has 0 bridgehead atoms. The molecule has 2 aliphatic rings. The van der Waals surface area contributed by atoms with Crippen LogP contribution >= 0.6 is 11.6 Å². The molecule has 208 valence electrons. The topological polar surface area (TPSA) is 83.8 Å². The smallest absolute Gasteiger partial charge is 0.256 e. The molecule has 1 atom stereocenters. The van der Waals surface area contributed by atoms with E-state index in [1.54, 1.807) is 25.3 Å². The quantitative estimate of drug-likeness (QED) is 0.421. The molecule has 1 aliphatic heterocycles. The van der Waals surface area contributed by atoms with E-state index in [0.29, 0.717) is 49.3 Å². The second-order valence-electron chi connectivity index (χ2n) is 10.6. The third kappa shape index (κ3) is 6.10. The fourth-order valence-corrected chi connectivity index (χ4v) is 5.36. The van der Waals surface area contributed by atoms with E-state index in [1.165, 1.54) is 12.1 Å². The first-order valence-electron chi connectivity index (χ1n) is 13.3. The highest BCUT2D eigenvalue weighted by Gasteiger charge is 2.27. The molecule has 39 heavy (non-hydrogen) atoms. The Morgan fingerprint density at radius 2 is 1.90 bits per heavy atom.